The predicted molar refractivity (Wildman–Crippen MR) is 164 cm³/mol. The summed E-state index contributed by atoms with van der Waals surface area (Å²) >= 11 is 1.24. The van der Waals surface area contributed by atoms with Crippen LogP contribution in [0.3, 0.4) is 0 Å². The van der Waals surface area contributed by atoms with Gasteiger partial charge in [-0.3, -0.25) is 19.2 Å². The van der Waals surface area contributed by atoms with E-state index in [0.29, 0.717) is 37.3 Å². The molecule has 0 aliphatic rings. The van der Waals surface area contributed by atoms with Gasteiger partial charge in [-0.1, -0.05) is 65.0 Å². The number of ether oxygens (including phenoxy) is 2. The van der Waals surface area contributed by atoms with E-state index < -0.39 is 18.0 Å². The van der Waals surface area contributed by atoms with Crippen LogP contribution in [0.2, 0.25) is 0 Å². The number of amides is 2. The second kappa shape index (κ2) is 17.0. The Balaban J connectivity index is 2.25. The van der Waals surface area contributed by atoms with E-state index in [0.717, 1.165) is 5.56 Å². The van der Waals surface area contributed by atoms with E-state index in [4.69, 9.17) is 9.47 Å². The SMILES string of the molecule is CCOC(=O)[C@@H](C)C[C@H](Cc1ccccc1)NC(=O)c1csc([C@@H](CC(C(C)C)N(C)C(=O)CC(C)C)OC(C)=O)n1. The van der Waals surface area contributed by atoms with Crippen LogP contribution in [0, 0.1) is 17.8 Å². The largest absolute Gasteiger partial charge is 0.466 e. The van der Waals surface area contributed by atoms with Crippen molar-refractivity contribution in [1.82, 2.24) is 15.2 Å². The Kier molecular flexibility index (Phi) is 14.1. The molecule has 0 saturated heterocycles. The van der Waals surface area contributed by atoms with Crippen molar-refractivity contribution in [2.45, 2.75) is 92.3 Å². The van der Waals surface area contributed by atoms with E-state index in [2.05, 4.69) is 10.3 Å². The van der Waals surface area contributed by atoms with Gasteiger partial charge >= 0.3 is 11.9 Å². The Morgan fingerprint density at radius 2 is 1.69 bits per heavy atom. The molecule has 232 valence electrons. The van der Waals surface area contributed by atoms with Crippen LogP contribution in [0.15, 0.2) is 35.7 Å². The molecule has 1 N–H and O–H groups in total. The van der Waals surface area contributed by atoms with Crippen molar-refractivity contribution in [1.29, 1.82) is 0 Å². The number of esters is 2. The predicted octanol–water partition coefficient (Wildman–Crippen LogP) is 5.60. The second-order valence-corrected chi connectivity index (χ2v) is 12.5. The minimum atomic E-state index is -0.709. The molecule has 9 nitrogen and oxygen atoms in total. The Labute approximate surface area is 254 Å². The molecule has 42 heavy (non-hydrogen) atoms. The molecular formula is C32H47N3O6S. The molecule has 1 unspecified atom stereocenters. The van der Waals surface area contributed by atoms with Crippen molar-refractivity contribution in [2.24, 2.45) is 17.8 Å². The highest BCUT2D eigenvalue weighted by atomic mass is 32.1. The topological polar surface area (TPSA) is 115 Å². The number of carbonyl (C=O) groups excluding carboxylic acids is 4. The van der Waals surface area contributed by atoms with Crippen LogP contribution < -0.4 is 5.32 Å². The number of rotatable bonds is 16. The number of benzene rings is 1. The molecule has 0 aliphatic heterocycles. The van der Waals surface area contributed by atoms with E-state index in [1.54, 1.807) is 31.2 Å². The third kappa shape index (κ3) is 11.2. The molecule has 10 heteroatoms. The van der Waals surface area contributed by atoms with Gasteiger partial charge in [0.05, 0.1) is 12.5 Å². The zero-order valence-electron chi connectivity index (χ0n) is 26.2. The van der Waals surface area contributed by atoms with Crippen LogP contribution in [0.5, 0.6) is 0 Å². The van der Waals surface area contributed by atoms with Gasteiger partial charge in [-0.05, 0) is 37.2 Å². The molecule has 4 atom stereocenters. The molecular weight excluding hydrogens is 554 g/mol. The quantitative estimate of drug-likeness (QED) is 0.249. The molecule has 0 saturated carbocycles. The number of thiazole rings is 1. The maximum absolute atomic E-state index is 13.4. The molecule has 0 radical (unpaired) electrons. The lowest BCUT2D eigenvalue weighted by Crippen LogP contribution is -2.42. The van der Waals surface area contributed by atoms with Crippen molar-refractivity contribution in [3.05, 3.63) is 52.0 Å². The smallest absolute Gasteiger partial charge is 0.308 e. The summed E-state index contributed by atoms with van der Waals surface area (Å²) in [6, 6.07) is 9.23. The summed E-state index contributed by atoms with van der Waals surface area (Å²) < 4.78 is 10.8. The van der Waals surface area contributed by atoms with Gasteiger partial charge in [0.25, 0.3) is 5.91 Å². The number of carbonyl (C=O) groups is 4. The fourth-order valence-electron chi connectivity index (χ4n) is 4.87. The number of nitrogens with zero attached hydrogens (tertiary/aromatic N) is 2. The average Bonchev–Trinajstić information content (AvgIpc) is 3.41. The van der Waals surface area contributed by atoms with Crippen LogP contribution in [0.25, 0.3) is 0 Å². The zero-order chi connectivity index (χ0) is 31.4. The molecule has 0 spiro atoms. The summed E-state index contributed by atoms with van der Waals surface area (Å²) in [5.41, 5.74) is 1.24. The van der Waals surface area contributed by atoms with Crippen molar-refractivity contribution >= 4 is 35.1 Å². The Hall–Kier alpha value is -3.27. The molecule has 1 aromatic heterocycles. The molecule has 1 heterocycles. The third-order valence-corrected chi connectivity index (χ3v) is 7.96. The van der Waals surface area contributed by atoms with E-state index >= 15 is 0 Å². The van der Waals surface area contributed by atoms with Crippen LogP contribution in [-0.4, -0.2) is 59.4 Å². The van der Waals surface area contributed by atoms with Gasteiger partial charge < -0.3 is 19.7 Å². The van der Waals surface area contributed by atoms with Crippen LogP contribution in [0.4, 0.5) is 0 Å². The molecule has 2 amide bonds. The van der Waals surface area contributed by atoms with Crippen molar-refractivity contribution < 1.29 is 28.7 Å². The van der Waals surface area contributed by atoms with E-state index in [9.17, 15) is 19.2 Å². The maximum atomic E-state index is 13.4. The second-order valence-electron chi connectivity index (χ2n) is 11.6. The van der Waals surface area contributed by atoms with Gasteiger partial charge in [0.15, 0.2) is 6.10 Å². The average molecular weight is 602 g/mol. The van der Waals surface area contributed by atoms with Gasteiger partial charge in [0, 0.05) is 44.3 Å². The summed E-state index contributed by atoms with van der Waals surface area (Å²) in [7, 11) is 1.78. The maximum Gasteiger partial charge on any atom is 0.308 e. The molecule has 2 rings (SSSR count). The minimum Gasteiger partial charge on any atom is -0.466 e. The third-order valence-electron chi connectivity index (χ3n) is 7.02. The summed E-state index contributed by atoms with van der Waals surface area (Å²) in [5.74, 6) is -1.18. The lowest BCUT2D eigenvalue weighted by molar-refractivity contribution is -0.149. The van der Waals surface area contributed by atoms with Gasteiger partial charge in [-0.15, -0.1) is 11.3 Å². The normalized spacial score (nSPS) is 14.1. The lowest BCUT2D eigenvalue weighted by Gasteiger charge is -2.34. The van der Waals surface area contributed by atoms with E-state index in [1.165, 1.54) is 18.3 Å². The Morgan fingerprint density at radius 1 is 1.02 bits per heavy atom. The highest BCUT2D eigenvalue weighted by Gasteiger charge is 2.31. The van der Waals surface area contributed by atoms with Crippen LogP contribution in [-0.2, 0) is 30.3 Å². The first-order chi connectivity index (χ1) is 19.8. The highest BCUT2D eigenvalue weighted by molar-refractivity contribution is 7.09. The molecule has 0 aliphatic carbocycles. The first-order valence-corrected chi connectivity index (χ1v) is 15.6. The summed E-state index contributed by atoms with van der Waals surface area (Å²) in [5, 5.41) is 5.19. The van der Waals surface area contributed by atoms with Crippen LogP contribution in [0.1, 0.15) is 94.9 Å². The molecule has 1 aromatic carbocycles. The van der Waals surface area contributed by atoms with Gasteiger partial charge in [0.2, 0.25) is 5.91 Å². The van der Waals surface area contributed by atoms with E-state index in [1.807, 2.05) is 58.0 Å². The number of nitrogens with one attached hydrogen (secondary N) is 1. The standard InChI is InChI=1S/C32H47N3O6S/c1-9-40-32(39)22(6)16-25(17-24-13-11-10-12-14-24)33-30(38)26-19-42-31(34-26)28(41-23(7)36)18-27(21(4)5)35(8)29(37)15-20(2)3/h10-14,19-22,25,27-28H,9,15-18H2,1-8H3,(H,33,38)/t22-,25+,27?,28+/m0/s1. The van der Waals surface area contributed by atoms with Crippen molar-refractivity contribution in [3.8, 4) is 0 Å². The zero-order valence-corrected chi connectivity index (χ0v) is 27.0. The van der Waals surface area contributed by atoms with E-state index in [-0.39, 0.29) is 47.4 Å². The van der Waals surface area contributed by atoms with Gasteiger partial charge in [-0.2, -0.15) is 0 Å². The Morgan fingerprint density at radius 3 is 2.26 bits per heavy atom. The fourth-order valence-corrected chi connectivity index (χ4v) is 5.71. The van der Waals surface area contributed by atoms with Crippen molar-refractivity contribution in [2.75, 3.05) is 13.7 Å². The number of hydrogen-bond donors (Lipinski definition) is 1. The van der Waals surface area contributed by atoms with Crippen LogP contribution >= 0.6 is 11.3 Å². The Bertz CT molecular complexity index is 1170. The molecule has 2 aromatic rings. The monoisotopic (exact) mass is 601 g/mol. The number of hydrogen-bond acceptors (Lipinski definition) is 8. The van der Waals surface area contributed by atoms with Gasteiger partial charge in [0.1, 0.15) is 10.7 Å². The molecule has 0 fully saturated rings. The van der Waals surface area contributed by atoms with Gasteiger partial charge in [-0.25, -0.2) is 4.98 Å². The lowest BCUT2D eigenvalue weighted by atomic mass is 9.95. The fraction of sp³-hybridized carbons (Fsp3) is 0.594. The summed E-state index contributed by atoms with van der Waals surface area (Å²) in [6.07, 6.45) is 1.02. The molecule has 0 bridgehead atoms. The first-order valence-electron chi connectivity index (χ1n) is 14.7. The highest BCUT2D eigenvalue weighted by Crippen LogP contribution is 2.31. The van der Waals surface area contributed by atoms with Crippen molar-refractivity contribution in [3.63, 3.8) is 0 Å². The summed E-state index contributed by atoms with van der Waals surface area (Å²) in [6.45, 7) is 13.2. The summed E-state index contributed by atoms with van der Waals surface area (Å²) in [4.78, 5) is 56.9. The number of aromatic nitrogens is 1. The first kappa shape index (κ1) is 34.9. The minimum absolute atomic E-state index is 0.0333.